The molecule has 144 valence electrons. The van der Waals surface area contributed by atoms with Crippen molar-refractivity contribution in [1.82, 2.24) is 15.3 Å². The summed E-state index contributed by atoms with van der Waals surface area (Å²) in [6, 6.07) is 7.65. The molecule has 0 atom stereocenters. The summed E-state index contributed by atoms with van der Waals surface area (Å²) in [5, 5.41) is 8.97. The Bertz CT molecular complexity index is 801. The molecule has 0 saturated carbocycles. The Kier molecular flexibility index (Phi) is 6.11. The van der Waals surface area contributed by atoms with Gasteiger partial charge >= 0.3 is 6.03 Å². The number of urea groups is 1. The number of carbonyl (C=O) groups excluding carboxylic acids is 1. The molecule has 0 spiro atoms. The molecule has 1 saturated heterocycles. The van der Waals surface area contributed by atoms with E-state index in [0.29, 0.717) is 13.1 Å². The maximum atomic E-state index is 12.0. The van der Waals surface area contributed by atoms with Crippen LogP contribution in [0.1, 0.15) is 29.8 Å². The van der Waals surface area contributed by atoms with Crippen LogP contribution in [0.25, 0.3) is 0 Å². The fourth-order valence-corrected chi connectivity index (χ4v) is 3.11. The molecule has 27 heavy (non-hydrogen) atoms. The van der Waals surface area contributed by atoms with Crippen molar-refractivity contribution in [3.63, 3.8) is 0 Å². The molecular formula is C20H28N6O. The topological polar surface area (TPSA) is 82.2 Å². The van der Waals surface area contributed by atoms with Gasteiger partial charge in [0, 0.05) is 37.9 Å². The first kappa shape index (κ1) is 18.9. The highest BCUT2D eigenvalue weighted by molar-refractivity contribution is 5.89. The molecule has 0 aliphatic carbocycles. The van der Waals surface area contributed by atoms with Crippen molar-refractivity contribution in [1.29, 1.82) is 0 Å². The van der Waals surface area contributed by atoms with E-state index < -0.39 is 0 Å². The Morgan fingerprint density at radius 2 is 1.81 bits per heavy atom. The predicted molar refractivity (Wildman–Crippen MR) is 110 cm³/mol. The number of aryl methyl sites for hydroxylation is 3. The molecule has 7 heteroatoms. The van der Waals surface area contributed by atoms with Crippen molar-refractivity contribution in [2.45, 2.75) is 33.6 Å². The van der Waals surface area contributed by atoms with Crippen LogP contribution in [0, 0.1) is 20.8 Å². The normalized spacial score (nSPS) is 13.5. The van der Waals surface area contributed by atoms with Gasteiger partial charge in [0.15, 0.2) is 0 Å². The van der Waals surface area contributed by atoms with Crippen molar-refractivity contribution >= 4 is 23.4 Å². The van der Waals surface area contributed by atoms with Gasteiger partial charge < -0.3 is 20.9 Å². The van der Waals surface area contributed by atoms with Crippen molar-refractivity contribution in [3.8, 4) is 0 Å². The zero-order valence-electron chi connectivity index (χ0n) is 16.3. The number of rotatable bonds is 6. The van der Waals surface area contributed by atoms with Crippen LogP contribution < -0.4 is 20.9 Å². The Labute approximate surface area is 160 Å². The third-order valence-corrected chi connectivity index (χ3v) is 4.74. The lowest BCUT2D eigenvalue weighted by Crippen LogP contribution is -2.32. The first-order chi connectivity index (χ1) is 13.0. The van der Waals surface area contributed by atoms with Crippen molar-refractivity contribution in [3.05, 3.63) is 41.2 Å². The summed E-state index contributed by atoms with van der Waals surface area (Å²) in [5.41, 5.74) is 3.16. The standard InChI is InChI=1S/C20H28N6O/c1-14-6-7-17(12-15(14)2)25-20(27)22-9-8-21-18-13-19(24-16(3)23-18)26-10-4-5-11-26/h6-7,12-13H,4-5,8-11H2,1-3H3,(H,21,23,24)(H2,22,25,27). The molecule has 0 bridgehead atoms. The number of benzene rings is 1. The second kappa shape index (κ2) is 8.70. The molecule has 3 rings (SSSR count). The zero-order chi connectivity index (χ0) is 19.2. The molecule has 2 amide bonds. The molecule has 3 N–H and O–H groups in total. The summed E-state index contributed by atoms with van der Waals surface area (Å²) >= 11 is 0. The highest BCUT2D eigenvalue weighted by Crippen LogP contribution is 2.20. The predicted octanol–water partition coefficient (Wildman–Crippen LogP) is 3.24. The van der Waals surface area contributed by atoms with Crippen LogP contribution >= 0.6 is 0 Å². The highest BCUT2D eigenvalue weighted by atomic mass is 16.2. The first-order valence-electron chi connectivity index (χ1n) is 9.48. The second-order valence-electron chi connectivity index (χ2n) is 6.96. The third kappa shape index (κ3) is 5.32. The number of hydrogen-bond donors (Lipinski definition) is 3. The van der Waals surface area contributed by atoms with Crippen molar-refractivity contribution in [2.24, 2.45) is 0 Å². The van der Waals surface area contributed by atoms with E-state index in [-0.39, 0.29) is 6.03 Å². The number of hydrogen-bond acceptors (Lipinski definition) is 5. The lowest BCUT2D eigenvalue weighted by molar-refractivity contribution is 0.252. The monoisotopic (exact) mass is 368 g/mol. The molecule has 1 aliphatic heterocycles. The maximum absolute atomic E-state index is 12.0. The van der Waals surface area contributed by atoms with Gasteiger partial charge in [-0.2, -0.15) is 0 Å². The number of aromatic nitrogens is 2. The Balaban J connectivity index is 1.45. The number of nitrogens with one attached hydrogen (secondary N) is 3. The lowest BCUT2D eigenvalue weighted by atomic mass is 10.1. The van der Waals surface area contributed by atoms with Crippen LogP contribution in [0.3, 0.4) is 0 Å². The van der Waals surface area contributed by atoms with E-state index in [4.69, 9.17) is 0 Å². The summed E-state index contributed by atoms with van der Waals surface area (Å²) in [7, 11) is 0. The molecule has 1 aliphatic rings. The Morgan fingerprint density at radius 3 is 2.56 bits per heavy atom. The van der Waals surface area contributed by atoms with E-state index in [1.165, 1.54) is 18.4 Å². The third-order valence-electron chi connectivity index (χ3n) is 4.74. The van der Waals surface area contributed by atoms with E-state index in [0.717, 1.165) is 41.8 Å². The first-order valence-corrected chi connectivity index (χ1v) is 9.48. The molecule has 0 radical (unpaired) electrons. The maximum Gasteiger partial charge on any atom is 0.319 e. The van der Waals surface area contributed by atoms with E-state index in [1.54, 1.807) is 0 Å². The van der Waals surface area contributed by atoms with E-state index in [9.17, 15) is 4.79 Å². The van der Waals surface area contributed by atoms with Gasteiger partial charge in [0.1, 0.15) is 17.5 Å². The fourth-order valence-electron chi connectivity index (χ4n) is 3.11. The number of nitrogens with zero attached hydrogens (tertiary/aromatic N) is 3. The summed E-state index contributed by atoms with van der Waals surface area (Å²) in [5.74, 6) is 2.52. The van der Waals surface area contributed by atoms with Gasteiger partial charge in [-0.15, -0.1) is 0 Å². The summed E-state index contributed by atoms with van der Waals surface area (Å²) < 4.78 is 0. The highest BCUT2D eigenvalue weighted by Gasteiger charge is 2.15. The van der Waals surface area contributed by atoms with Crippen LogP contribution in [0.4, 0.5) is 22.1 Å². The molecule has 2 aromatic rings. The molecule has 7 nitrogen and oxygen atoms in total. The largest absolute Gasteiger partial charge is 0.368 e. The fraction of sp³-hybridized carbons (Fsp3) is 0.450. The molecule has 2 heterocycles. The smallest absolute Gasteiger partial charge is 0.319 e. The van der Waals surface area contributed by atoms with Crippen molar-refractivity contribution < 1.29 is 4.79 Å². The van der Waals surface area contributed by atoms with Gasteiger partial charge in [0.05, 0.1) is 0 Å². The van der Waals surface area contributed by atoms with Gasteiger partial charge in [0.25, 0.3) is 0 Å². The quantitative estimate of drug-likeness (QED) is 0.682. The van der Waals surface area contributed by atoms with E-state index >= 15 is 0 Å². The van der Waals surface area contributed by atoms with Crippen LogP contribution in [0.5, 0.6) is 0 Å². The van der Waals surface area contributed by atoms with Crippen LogP contribution in [-0.2, 0) is 0 Å². The average Bonchev–Trinajstić information content (AvgIpc) is 3.16. The Hall–Kier alpha value is -2.83. The summed E-state index contributed by atoms with van der Waals surface area (Å²) in [6.07, 6.45) is 2.43. The zero-order valence-corrected chi connectivity index (χ0v) is 16.3. The molecule has 0 unspecified atom stereocenters. The summed E-state index contributed by atoms with van der Waals surface area (Å²) in [4.78, 5) is 23.3. The van der Waals surface area contributed by atoms with Gasteiger partial charge in [-0.1, -0.05) is 6.07 Å². The van der Waals surface area contributed by atoms with E-state index in [1.807, 2.05) is 38.1 Å². The molecule has 1 aromatic heterocycles. The van der Waals surface area contributed by atoms with Gasteiger partial charge in [-0.25, -0.2) is 14.8 Å². The number of carbonyl (C=O) groups is 1. The minimum absolute atomic E-state index is 0.211. The van der Waals surface area contributed by atoms with E-state index in [2.05, 4.69) is 37.7 Å². The summed E-state index contributed by atoms with van der Waals surface area (Å²) in [6.45, 7) is 9.18. The Morgan fingerprint density at radius 1 is 1.04 bits per heavy atom. The molecule has 1 fully saturated rings. The molecular weight excluding hydrogens is 340 g/mol. The van der Waals surface area contributed by atoms with Gasteiger partial charge in [-0.05, 0) is 56.9 Å². The van der Waals surface area contributed by atoms with Crippen LogP contribution in [0.15, 0.2) is 24.3 Å². The van der Waals surface area contributed by atoms with Crippen molar-refractivity contribution in [2.75, 3.05) is 41.7 Å². The number of amides is 2. The minimum Gasteiger partial charge on any atom is -0.368 e. The SMILES string of the molecule is Cc1nc(NCCNC(=O)Nc2ccc(C)c(C)c2)cc(N2CCCC2)n1. The average molecular weight is 368 g/mol. The number of anilines is 3. The van der Waals surface area contributed by atoms with Gasteiger partial charge in [-0.3, -0.25) is 0 Å². The second-order valence-corrected chi connectivity index (χ2v) is 6.96. The molecule has 1 aromatic carbocycles. The van der Waals surface area contributed by atoms with Crippen LogP contribution in [-0.4, -0.2) is 42.2 Å². The minimum atomic E-state index is -0.211. The van der Waals surface area contributed by atoms with Gasteiger partial charge in [0.2, 0.25) is 0 Å². The lowest BCUT2D eigenvalue weighted by Gasteiger charge is -2.18. The van der Waals surface area contributed by atoms with Crippen LogP contribution in [0.2, 0.25) is 0 Å².